The maximum atomic E-state index is 14.8. The molecule has 0 spiro atoms. The van der Waals surface area contributed by atoms with Crippen LogP contribution in [-0.2, 0) is 5.41 Å². The summed E-state index contributed by atoms with van der Waals surface area (Å²) in [6, 6.07) is 3.17. The summed E-state index contributed by atoms with van der Waals surface area (Å²) in [5, 5.41) is 0. The number of H-pyrrole nitrogens is 1. The molecule has 1 aromatic heterocycles. The monoisotopic (exact) mass is 276 g/mol. The summed E-state index contributed by atoms with van der Waals surface area (Å²) in [5.41, 5.74) is -0.192. The Morgan fingerprint density at radius 3 is 2.55 bits per heavy atom. The van der Waals surface area contributed by atoms with Crippen molar-refractivity contribution in [3.05, 3.63) is 46.3 Å². The van der Waals surface area contributed by atoms with E-state index in [4.69, 9.17) is 4.74 Å². The number of hydrogen-bond donors (Lipinski definition) is 1. The molecule has 2 aromatic rings. The van der Waals surface area contributed by atoms with Gasteiger partial charge in [0.25, 0.3) is 5.56 Å². The van der Waals surface area contributed by atoms with E-state index in [1.165, 1.54) is 25.6 Å². The molecule has 1 aromatic carbocycles. The van der Waals surface area contributed by atoms with Crippen LogP contribution in [0.1, 0.15) is 26.3 Å². The highest BCUT2D eigenvalue weighted by molar-refractivity contribution is 5.63. The van der Waals surface area contributed by atoms with Gasteiger partial charge in [-0.3, -0.25) is 4.79 Å². The number of aromatic amines is 1. The molecule has 0 saturated heterocycles. The number of benzene rings is 1. The summed E-state index contributed by atoms with van der Waals surface area (Å²) in [6.45, 7) is 5.67. The van der Waals surface area contributed by atoms with Crippen LogP contribution in [-0.4, -0.2) is 17.1 Å². The first-order valence-electron chi connectivity index (χ1n) is 6.27. The average molecular weight is 276 g/mol. The Kier molecular flexibility index (Phi) is 3.61. The van der Waals surface area contributed by atoms with Gasteiger partial charge in [-0.2, -0.15) is 0 Å². The average Bonchev–Trinajstić information content (AvgIpc) is 2.38. The van der Waals surface area contributed by atoms with E-state index in [0.29, 0.717) is 11.3 Å². The molecule has 0 aliphatic rings. The lowest BCUT2D eigenvalue weighted by atomic mass is 9.84. The number of nitrogens with one attached hydrogen (secondary N) is 1. The summed E-state index contributed by atoms with van der Waals surface area (Å²) in [6.07, 6.45) is 2.84. The van der Waals surface area contributed by atoms with Gasteiger partial charge in [0.05, 0.1) is 7.11 Å². The fraction of sp³-hybridized carbons (Fsp3) is 0.333. The van der Waals surface area contributed by atoms with E-state index < -0.39 is 16.8 Å². The van der Waals surface area contributed by atoms with Crippen LogP contribution in [0.5, 0.6) is 5.75 Å². The zero-order valence-electron chi connectivity index (χ0n) is 12.0. The largest absolute Gasteiger partial charge is 0.496 e. The predicted molar refractivity (Wildman–Crippen MR) is 75.5 cm³/mol. The first-order chi connectivity index (χ1) is 9.36. The maximum Gasteiger partial charge on any atom is 0.274 e. The van der Waals surface area contributed by atoms with Crippen molar-refractivity contribution in [3.8, 4) is 17.0 Å². The van der Waals surface area contributed by atoms with Crippen molar-refractivity contribution in [2.75, 3.05) is 7.11 Å². The highest BCUT2D eigenvalue weighted by Crippen LogP contribution is 2.37. The first kappa shape index (κ1) is 14.2. The van der Waals surface area contributed by atoms with Gasteiger partial charge < -0.3 is 9.72 Å². The van der Waals surface area contributed by atoms with Gasteiger partial charge in [0.15, 0.2) is 0 Å². The molecule has 20 heavy (non-hydrogen) atoms. The second kappa shape index (κ2) is 5.07. The lowest BCUT2D eigenvalue weighted by Gasteiger charge is -2.23. The molecule has 0 fully saturated rings. The van der Waals surface area contributed by atoms with E-state index in [1.807, 2.05) is 20.8 Å². The fourth-order valence-electron chi connectivity index (χ4n) is 2.15. The maximum absolute atomic E-state index is 14.8. The van der Waals surface area contributed by atoms with Gasteiger partial charge in [0.1, 0.15) is 17.3 Å². The molecule has 0 bridgehead atoms. The number of nitrogens with zero attached hydrogens (tertiary/aromatic N) is 1. The number of aromatic nitrogens is 2. The standard InChI is InChI=1S/C15H17FN2O2/c1-15(2,3)11-10(20-4)6-5-9(12(11)16)13-14(19)18-8-7-17-13/h5-8H,1-4H3,(H,18,19). The van der Waals surface area contributed by atoms with Gasteiger partial charge >= 0.3 is 0 Å². The molecule has 1 heterocycles. The lowest BCUT2D eigenvalue weighted by molar-refractivity contribution is 0.388. The van der Waals surface area contributed by atoms with Crippen LogP contribution in [0.25, 0.3) is 11.3 Å². The van der Waals surface area contributed by atoms with Gasteiger partial charge in [-0.05, 0) is 17.5 Å². The number of hydrogen-bond acceptors (Lipinski definition) is 3. The van der Waals surface area contributed by atoms with Gasteiger partial charge in [0.2, 0.25) is 0 Å². The summed E-state index contributed by atoms with van der Waals surface area (Å²) >= 11 is 0. The minimum atomic E-state index is -0.471. The highest BCUT2D eigenvalue weighted by Gasteiger charge is 2.26. The van der Waals surface area contributed by atoms with E-state index in [9.17, 15) is 9.18 Å². The summed E-state index contributed by atoms with van der Waals surface area (Å²) < 4.78 is 20.0. The van der Waals surface area contributed by atoms with Crippen molar-refractivity contribution < 1.29 is 9.13 Å². The van der Waals surface area contributed by atoms with Crippen LogP contribution in [0, 0.1) is 5.82 Å². The molecule has 0 aliphatic heterocycles. The van der Waals surface area contributed by atoms with Crippen LogP contribution in [0.4, 0.5) is 4.39 Å². The van der Waals surface area contributed by atoms with Crippen LogP contribution < -0.4 is 10.3 Å². The molecule has 0 amide bonds. The van der Waals surface area contributed by atoms with E-state index in [2.05, 4.69) is 9.97 Å². The molecule has 0 saturated carbocycles. The normalized spacial score (nSPS) is 11.4. The second-order valence-electron chi connectivity index (χ2n) is 5.52. The summed E-state index contributed by atoms with van der Waals surface area (Å²) in [5.74, 6) is -0.00726. The highest BCUT2D eigenvalue weighted by atomic mass is 19.1. The number of halogens is 1. The Morgan fingerprint density at radius 2 is 2.00 bits per heavy atom. The Labute approximate surface area is 116 Å². The third-order valence-corrected chi connectivity index (χ3v) is 3.04. The number of methoxy groups -OCH3 is 1. The molecule has 2 rings (SSSR count). The Hall–Kier alpha value is -2.17. The molecule has 0 atom stereocenters. The first-order valence-corrected chi connectivity index (χ1v) is 6.27. The molecule has 0 unspecified atom stereocenters. The lowest BCUT2D eigenvalue weighted by Crippen LogP contribution is -2.18. The molecular formula is C15H17FN2O2. The molecular weight excluding hydrogens is 259 g/mol. The molecule has 106 valence electrons. The Morgan fingerprint density at radius 1 is 1.30 bits per heavy atom. The topological polar surface area (TPSA) is 55.0 Å². The van der Waals surface area contributed by atoms with Crippen LogP contribution >= 0.6 is 0 Å². The van der Waals surface area contributed by atoms with Crippen molar-refractivity contribution in [2.24, 2.45) is 0 Å². The Balaban J connectivity index is 2.76. The van der Waals surface area contributed by atoms with Crippen LogP contribution in [0.2, 0.25) is 0 Å². The van der Waals surface area contributed by atoms with Crippen molar-refractivity contribution >= 4 is 0 Å². The molecule has 0 aliphatic carbocycles. The van der Waals surface area contributed by atoms with Crippen molar-refractivity contribution in [2.45, 2.75) is 26.2 Å². The van der Waals surface area contributed by atoms with Gasteiger partial charge in [-0.15, -0.1) is 0 Å². The van der Waals surface area contributed by atoms with E-state index in [-0.39, 0.29) is 11.3 Å². The third-order valence-electron chi connectivity index (χ3n) is 3.04. The van der Waals surface area contributed by atoms with Gasteiger partial charge in [-0.1, -0.05) is 20.8 Å². The smallest absolute Gasteiger partial charge is 0.274 e. The van der Waals surface area contributed by atoms with E-state index in [0.717, 1.165) is 0 Å². The minimum Gasteiger partial charge on any atom is -0.496 e. The van der Waals surface area contributed by atoms with Crippen molar-refractivity contribution in [3.63, 3.8) is 0 Å². The van der Waals surface area contributed by atoms with Gasteiger partial charge in [0, 0.05) is 23.5 Å². The van der Waals surface area contributed by atoms with E-state index >= 15 is 0 Å². The quantitative estimate of drug-likeness (QED) is 0.917. The zero-order valence-corrected chi connectivity index (χ0v) is 12.0. The molecule has 4 nitrogen and oxygen atoms in total. The second-order valence-corrected chi connectivity index (χ2v) is 5.52. The number of rotatable bonds is 2. The Bertz CT molecular complexity index is 687. The number of ether oxygens (including phenoxy) is 1. The third kappa shape index (κ3) is 2.43. The van der Waals surface area contributed by atoms with Gasteiger partial charge in [-0.25, -0.2) is 9.37 Å². The van der Waals surface area contributed by atoms with Crippen LogP contribution in [0.15, 0.2) is 29.3 Å². The van der Waals surface area contributed by atoms with Crippen molar-refractivity contribution in [1.82, 2.24) is 9.97 Å². The molecule has 0 radical (unpaired) electrons. The fourth-order valence-corrected chi connectivity index (χ4v) is 2.15. The molecule has 1 N–H and O–H groups in total. The van der Waals surface area contributed by atoms with E-state index in [1.54, 1.807) is 6.07 Å². The molecule has 5 heteroatoms. The summed E-state index contributed by atoms with van der Waals surface area (Å²) in [7, 11) is 1.50. The van der Waals surface area contributed by atoms with Crippen LogP contribution in [0.3, 0.4) is 0 Å². The summed E-state index contributed by atoms with van der Waals surface area (Å²) in [4.78, 5) is 18.2. The van der Waals surface area contributed by atoms with Crippen molar-refractivity contribution in [1.29, 1.82) is 0 Å². The zero-order chi connectivity index (χ0) is 14.9. The SMILES string of the molecule is COc1ccc(-c2ncc[nH]c2=O)c(F)c1C(C)(C)C. The minimum absolute atomic E-state index is 0.0677. The predicted octanol–water partition coefficient (Wildman–Crippen LogP) is 2.88.